The van der Waals surface area contributed by atoms with Crippen LogP contribution in [0.4, 0.5) is 0 Å². The van der Waals surface area contributed by atoms with Crippen molar-refractivity contribution in [2.24, 2.45) is 11.7 Å². The van der Waals surface area contributed by atoms with Gasteiger partial charge in [0.1, 0.15) is 0 Å². The molecule has 0 spiro atoms. The lowest BCUT2D eigenvalue weighted by Gasteiger charge is -2.39. The van der Waals surface area contributed by atoms with Crippen molar-refractivity contribution >= 4 is 5.91 Å². The molecule has 0 radical (unpaired) electrons. The second kappa shape index (κ2) is 4.94. The van der Waals surface area contributed by atoms with Gasteiger partial charge >= 0.3 is 0 Å². The highest BCUT2D eigenvalue weighted by atomic mass is 16.2. The maximum atomic E-state index is 11.9. The summed E-state index contributed by atoms with van der Waals surface area (Å²) in [6, 6.07) is 0.518. The zero-order valence-corrected chi connectivity index (χ0v) is 10.2. The zero-order chi connectivity index (χ0) is 11.6. The molecule has 0 aromatic rings. The summed E-state index contributed by atoms with van der Waals surface area (Å²) in [6.07, 6.45) is 0.919. The summed E-state index contributed by atoms with van der Waals surface area (Å²) in [5.74, 6) is 0.129. The largest absolute Gasteiger partial charge is 0.348 e. The molecule has 4 nitrogen and oxygen atoms in total. The van der Waals surface area contributed by atoms with Crippen molar-refractivity contribution in [2.75, 3.05) is 27.2 Å². The van der Waals surface area contributed by atoms with Crippen LogP contribution in [0.1, 0.15) is 20.3 Å². The predicted molar refractivity (Wildman–Crippen MR) is 61.5 cm³/mol. The number of rotatable bonds is 2. The summed E-state index contributed by atoms with van der Waals surface area (Å²) < 4.78 is 0. The molecule has 1 fully saturated rings. The Morgan fingerprint density at radius 3 is 2.53 bits per heavy atom. The Bertz CT molecular complexity index is 228. The van der Waals surface area contributed by atoms with E-state index < -0.39 is 0 Å². The number of likely N-dealkylation sites (tertiary alicyclic amines) is 1. The summed E-state index contributed by atoms with van der Waals surface area (Å²) in [5, 5.41) is 0. The first-order chi connectivity index (χ1) is 6.93. The molecular weight excluding hydrogens is 190 g/mol. The van der Waals surface area contributed by atoms with E-state index in [2.05, 4.69) is 18.7 Å². The van der Waals surface area contributed by atoms with Gasteiger partial charge in [-0.05, 0) is 26.8 Å². The normalized spacial score (nSPS) is 28.1. The number of piperidine rings is 1. The highest BCUT2D eigenvalue weighted by Gasteiger charge is 2.33. The molecule has 1 unspecified atom stereocenters. The van der Waals surface area contributed by atoms with E-state index >= 15 is 0 Å². The van der Waals surface area contributed by atoms with Gasteiger partial charge in [0, 0.05) is 32.7 Å². The molecule has 1 amide bonds. The molecule has 15 heavy (non-hydrogen) atoms. The molecule has 4 heteroatoms. The van der Waals surface area contributed by atoms with Crippen LogP contribution in [0.15, 0.2) is 0 Å². The van der Waals surface area contributed by atoms with Crippen LogP contribution in [0.2, 0.25) is 0 Å². The van der Waals surface area contributed by atoms with Gasteiger partial charge in [0.25, 0.3) is 0 Å². The SMILES string of the molecule is CC(C)N1CC[C@@H](N)C(C(=O)N(C)C)C1. The topological polar surface area (TPSA) is 49.6 Å². The summed E-state index contributed by atoms with van der Waals surface area (Å²) in [7, 11) is 3.59. The summed E-state index contributed by atoms with van der Waals surface area (Å²) in [6.45, 7) is 6.13. The maximum Gasteiger partial charge on any atom is 0.228 e. The Balaban J connectivity index is 2.65. The van der Waals surface area contributed by atoms with E-state index in [1.165, 1.54) is 0 Å². The molecular formula is C11H23N3O. The Hall–Kier alpha value is -0.610. The van der Waals surface area contributed by atoms with E-state index in [4.69, 9.17) is 5.73 Å². The third-order valence-corrected chi connectivity index (χ3v) is 3.19. The smallest absolute Gasteiger partial charge is 0.228 e. The van der Waals surface area contributed by atoms with Crippen molar-refractivity contribution in [3.63, 3.8) is 0 Å². The predicted octanol–water partition coefficient (Wildman–Crippen LogP) is 0.132. The lowest BCUT2D eigenvalue weighted by molar-refractivity contribution is -0.135. The van der Waals surface area contributed by atoms with Crippen LogP contribution < -0.4 is 5.73 Å². The molecule has 1 rings (SSSR count). The van der Waals surface area contributed by atoms with Crippen LogP contribution in [-0.2, 0) is 4.79 Å². The van der Waals surface area contributed by atoms with E-state index in [9.17, 15) is 4.79 Å². The number of nitrogens with zero attached hydrogens (tertiary/aromatic N) is 2. The van der Waals surface area contributed by atoms with Gasteiger partial charge in [-0.25, -0.2) is 0 Å². The average molecular weight is 213 g/mol. The van der Waals surface area contributed by atoms with Crippen molar-refractivity contribution in [2.45, 2.75) is 32.4 Å². The fourth-order valence-electron chi connectivity index (χ4n) is 2.06. The fourth-order valence-corrected chi connectivity index (χ4v) is 2.06. The molecule has 1 aliphatic rings. The van der Waals surface area contributed by atoms with E-state index in [1.807, 2.05) is 0 Å². The fraction of sp³-hybridized carbons (Fsp3) is 0.909. The lowest BCUT2D eigenvalue weighted by atomic mass is 9.91. The average Bonchev–Trinajstić information content (AvgIpc) is 2.16. The van der Waals surface area contributed by atoms with Crippen molar-refractivity contribution < 1.29 is 4.79 Å². The maximum absolute atomic E-state index is 11.9. The molecule has 1 heterocycles. The van der Waals surface area contributed by atoms with Crippen molar-refractivity contribution in [3.05, 3.63) is 0 Å². The number of carbonyl (C=O) groups is 1. The highest BCUT2D eigenvalue weighted by Crippen LogP contribution is 2.19. The Morgan fingerprint density at radius 1 is 1.47 bits per heavy atom. The van der Waals surface area contributed by atoms with Crippen LogP contribution in [-0.4, -0.2) is 55.0 Å². The first-order valence-electron chi connectivity index (χ1n) is 5.64. The molecule has 0 saturated carbocycles. The first kappa shape index (κ1) is 12.5. The van der Waals surface area contributed by atoms with Crippen LogP contribution in [0.5, 0.6) is 0 Å². The third kappa shape index (κ3) is 2.92. The third-order valence-electron chi connectivity index (χ3n) is 3.19. The zero-order valence-electron chi connectivity index (χ0n) is 10.2. The summed E-state index contributed by atoms with van der Waals surface area (Å²) in [4.78, 5) is 15.9. The monoisotopic (exact) mass is 213 g/mol. The number of hydrogen-bond acceptors (Lipinski definition) is 3. The van der Waals surface area contributed by atoms with E-state index in [0.717, 1.165) is 19.5 Å². The second-order valence-electron chi connectivity index (χ2n) is 4.88. The first-order valence-corrected chi connectivity index (χ1v) is 5.64. The van der Waals surface area contributed by atoms with Crippen LogP contribution in [0.3, 0.4) is 0 Å². The molecule has 1 saturated heterocycles. The summed E-state index contributed by atoms with van der Waals surface area (Å²) >= 11 is 0. The molecule has 0 bridgehead atoms. The minimum atomic E-state index is -0.0313. The van der Waals surface area contributed by atoms with Crippen molar-refractivity contribution in [1.82, 2.24) is 9.80 Å². The van der Waals surface area contributed by atoms with Crippen LogP contribution in [0, 0.1) is 5.92 Å². The molecule has 0 aromatic carbocycles. The van der Waals surface area contributed by atoms with E-state index in [0.29, 0.717) is 6.04 Å². The van der Waals surface area contributed by atoms with Gasteiger partial charge in [-0.1, -0.05) is 0 Å². The minimum Gasteiger partial charge on any atom is -0.348 e. The molecule has 88 valence electrons. The van der Waals surface area contributed by atoms with Gasteiger partial charge in [-0.15, -0.1) is 0 Å². The van der Waals surface area contributed by atoms with Gasteiger partial charge in [-0.3, -0.25) is 4.79 Å². The quantitative estimate of drug-likeness (QED) is 0.709. The molecule has 0 aliphatic carbocycles. The van der Waals surface area contributed by atoms with Gasteiger partial charge in [-0.2, -0.15) is 0 Å². The second-order valence-corrected chi connectivity index (χ2v) is 4.88. The number of nitrogens with two attached hydrogens (primary N) is 1. The van der Waals surface area contributed by atoms with Gasteiger partial charge < -0.3 is 15.5 Å². The van der Waals surface area contributed by atoms with Crippen molar-refractivity contribution in [1.29, 1.82) is 0 Å². The van der Waals surface area contributed by atoms with Gasteiger partial charge in [0.15, 0.2) is 0 Å². The van der Waals surface area contributed by atoms with Gasteiger partial charge in [0.2, 0.25) is 5.91 Å². The van der Waals surface area contributed by atoms with E-state index in [-0.39, 0.29) is 17.9 Å². The Labute approximate surface area is 92.4 Å². The number of hydrogen-bond donors (Lipinski definition) is 1. The van der Waals surface area contributed by atoms with Crippen LogP contribution in [0.25, 0.3) is 0 Å². The highest BCUT2D eigenvalue weighted by molar-refractivity contribution is 5.79. The Morgan fingerprint density at radius 2 is 2.07 bits per heavy atom. The molecule has 2 atom stereocenters. The standard InChI is InChI=1S/C11H23N3O/c1-8(2)14-6-5-10(12)9(7-14)11(15)13(3)4/h8-10H,5-7,12H2,1-4H3/t9?,10-/m1/s1. The molecule has 0 aromatic heterocycles. The van der Waals surface area contributed by atoms with E-state index in [1.54, 1.807) is 19.0 Å². The van der Waals surface area contributed by atoms with Gasteiger partial charge in [0.05, 0.1) is 5.92 Å². The Kier molecular flexibility index (Phi) is 4.11. The number of amides is 1. The van der Waals surface area contributed by atoms with Crippen LogP contribution >= 0.6 is 0 Å². The molecule has 2 N–H and O–H groups in total. The van der Waals surface area contributed by atoms with Crippen molar-refractivity contribution in [3.8, 4) is 0 Å². The molecule has 1 aliphatic heterocycles. The lowest BCUT2D eigenvalue weighted by Crippen LogP contribution is -2.54. The minimum absolute atomic E-state index is 0.0231. The summed E-state index contributed by atoms with van der Waals surface area (Å²) in [5.41, 5.74) is 6.01. The number of carbonyl (C=O) groups excluding carboxylic acids is 1.